The van der Waals surface area contributed by atoms with Gasteiger partial charge in [0.1, 0.15) is 0 Å². The fourth-order valence-corrected chi connectivity index (χ4v) is 3.77. The van der Waals surface area contributed by atoms with Crippen LogP contribution in [0.3, 0.4) is 0 Å². The highest BCUT2D eigenvalue weighted by Gasteiger charge is 2.21. The van der Waals surface area contributed by atoms with E-state index in [-0.39, 0.29) is 18.4 Å². The lowest BCUT2D eigenvalue weighted by atomic mass is 10.1. The predicted molar refractivity (Wildman–Crippen MR) is 111 cm³/mol. The summed E-state index contributed by atoms with van der Waals surface area (Å²) in [6, 6.07) is 14.2. The molecule has 4 nitrogen and oxygen atoms in total. The molecule has 0 radical (unpaired) electrons. The fourth-order valence-electron chi connectivity index (χ4n) is 2.87. The molecule has 1 heterocycles. The summed E-state index contributed by atoms with van der Waals surface area (Å²) in [6.45, 7) is 9.70. The molecule has 2 aromatic rings. The van der Waals surface area contributed by atoms with Gasteiger partial charge >= 0.3 is 0 Å². The molecule has 0 aliphatic heterocycles. The van der Waals surface area contributed by atoms with Crippen molar-refractivity contribution >= 4 is 23.2 Å². The van der Waals surface area contributed by atoms with E-state index in [1.54, 1.807) is 23.2 Å². The minimum absolute atomic E-state index is 0.0107. The molecule has 0 spiro atoms. The molecule has 5 heteroatoms. The molecule has 27 heavy (non-hydrogen) atoms. The fraction of sp³-hybridized carbons (Fsp3) is 0.455. The van der Waals surface area contributed by atoms with Crippen LogP contribution in [0, 0.1) is 12.8 Å². The van der Waals surface area contributed by atoms with Crippen LogP contribution in [0.4, 0.5) is 0 Å². The lowest BCUT2D eigenvalue weighted by molar-refractivity contribution is -0.140. The van der Waals surface area contributed by atoms with Crippen LogP contribution in [0.25, 0.3) is 0 Å². The summed E-state index contributed by atoms with van der Waals surface area (Å²) >= 11 is 1.71. The number of hydrogen-bond donors (Lipinski definition) is 0. The monoisotopic (exact) mass is 386 g/mol. The van der Waals surface area contributed by atoms with Gasteiger partial charge in [-0.2, -0.15) is 0 Å². The summed E-state index contributed by atoms with van der Waals surface area (Å²) in [5.41, 5.74) is 1.09. The van der Waals surface area contributed by atoms with Gasteiger partial charge in [-0.05, 0) is 30.5 Å². The zero-order chi connectivity index (χ0) is 19.8. The molecule has 1 aromatic carbocycles. The highest BCUT2D eigenvalue weighted by Crippen LogP contribution is 2.19. The van der Waals surface area contributed by atoms with E-state index in [4.69, 9.17) is 0 Å². The number of aryl methyl sites for hydroxylation is 1. The maximum absolute atomic E-state index is 13.1. The zero-order valence-electron chi connectivity index (χ0n) is 16.8. The minimum Gasteiger partial charge on any atom is -0.333 e. The van der Waals surface area contributed by atoms with Crippen LogP contribution in [0.2, 0.25) is 0 Å². The van der Waals surface area contributed by atoms with Gasteiger partial charge in [0.15, 0.2) is 0 Å². The van der Waals surface area contributed by atoms with Crippen LogP contribution in [-0.2, 0) is 22.7 Å². The van der Waals surface area contributed by atoms with Crippen molar-refractivity contribution in [3.05, 3.63) is 57.8 Å². The van der Waals surface area contributed by atoms with Gasteiger partial charge in [-0.3, -0.25) is 9.59 Å². The molecule has 0 aliphatic rings. The topological polar surface area (TPSA) is 40.6 Å². The third kappa shape index (κ3) is 6.83. The van der Waals surface area contributed by atoms with Crippen LogP contribution in [-0.4, -0.2) is 34.7 Å². The summed E-state index contributed by atoms with van der Waals surface area (Å²) < 4.78 is 0. The lowest BCUT2D eigenvalue weighted by Gasteiger charge is -2.28. The number of carbonyl (C=O) groups excluding carboxylic acids is 2. The first kappa shape index (κ1) is 21.2. The van der Waals surface area contributed by atoms with Crippen molar-refractivity contribution in [1.29, 1.82) is 0 Å². The second kappa shape index (κ2) is 10.3. The summed E-state index contributed by atoms with van der Waals surface area (Å²) in [6.07, 6.45) is 0.986. The predicted octanol–water partition coefficient (Wildman–Crippen LogP) is 4.48. The van der Waals surface area contributed by atoms with Gasteiger partial charge in [0.2, 0.25) is 11.8 Å². The number of nitrogens with zero attached hydrogens (tertiary/aromatic N) is 2. The van der Waals surface area contributed by atoms with Crippen molar-refractivity contribution in [2.45, 2.75) is 47.2 Å². The van der Waals surface area contributed by atoms with Crippen molar-refractivity contribution in [3.8, 4) is 0 Å². The number of hydrogen-bond acceptors (Lipinski definition) is 3. The molecule has 2 rings (SSSR count). The van der Waals surface area contributed by atoms with Gasteiger partial charge in [-0.25, -0.2) is 0 Å². The molecule has 1 aromatic heterocycles. The van der Waals surface area contributed by atoms with Gasteiger partial charge in [0.25, 0.3) is 0 Å². The average Bonchev–Trinajstić information content (AvgIpc) is 3.06. The van der Waals surface area contributed by atoms with E-state index in [9.17, 15) is 9.59 Å². The van der Waals surface area contributed by atoms with Gasteiger partial charge in [0, 0.05) is 29.8 Å². The number of thiophene rings is 1. The SMILES string of the molecule is CCC(C)CN(CC(=O)N(Cc1ccccc1)Cc1ccc(C)s1)C(C)=O. The Morgan fingerprint density at radius 2 is 1.74 bits per heavy atom. The van der Waals surface area contributed by atoms with Crippen molar-refractivity contribution in [2.24, 2.45) is 5.92 Å². The van der Waals surface area contributed by atoms with Gasteiger partial charge in [-0.1, -0.05) is 50.6 Å². The maximum atomic E-state index is 13.1. The lowest BCUT2D eigenvalue weighted by Crippen LogP contribution is -2.43. The van der Waals surface area contributed by atoms with Gasteiger partial charge in [-0.15, -0.1) is 11.3 Å². The van der Waals surface area contributed by atoms with E-state index in [0.717, 1.165) is 16.9 Å². The normalized spacial score (nSPS) is 11.9. The highest BCUT2D eigenvalue weighted by molar-refractivity contribution is 7.11. The maximum Gasteiger partial charge on any atom is 0.242 e. The van der Waals surface area contributed by atoms with E-state index >= 15 is 0 Å². The van der Waals surface area contributed by atoms with Crippen LogP contribution in [0.15, 0.2) is 42.5 Å². The molecule has 1 atom stereocenters. The number of rotatable bonds is 9. The van der Waals surface area contributed by atoms with Crippen LogP contribution in [0.1, 0.15) is 42.5 Å². The van der Waals surface area contributed by atoms with E-state index in [1.165, 1.54) is 4.88 Å². The quantitative estimate of drug-likeness (QED) is 0.637. The smallest absolute Gasteiger partial charge is 0.242 e. The molecule has 0 N–H and O–H groups in total. The third-order valence-electron chi connectivity index (χ3n) is 4.71. The van der Waals surface area contributed by atoms with E-state index in [2.05, 4.69) is 32.9 Å². The number of carbonyl (C=O) groups is 2. The first-order valence-electron chi connectivity index (χ1n) is 9.51. The largest absolute Gasteiger partial charge is 0.333 e. The summed E-state index contributed by atoms with van der Waals surface area (Å²) in [5.74, 6) is 0.322. The Balaban J connectivity index is 2.14. The van der Waals surface area contributed by atoms with E-state index < -0.39 is 0 Å². The first-order valence-corrected chi connectivity index (χ1v) is 10.3. The molecule has 0 saturated heterocycles. The van der Waals surface area contributed by atoms with Crippen molar-refractivity contribution in [2.75, 3.05) is 13.1 Å². The Hall–Kier alpha value is -2.14. The van der Waals surface area contributed by atoms with Crippen molar-refractivity contribution in [3.63, 3.8) is 0 Å². The Labute approximate surface area is 166 Å². The average molecular weight is 387 g/mol. The second-order valence-electron chi connectivity index (χ2n) is 7.16. The molecule has 0 saturated carbocycles. The summed E-state index contributed by atoms with van der Waals surface area (Å²) in [7, 11) is 0. The standard InChI is InChI=1S/C22H30N2O2S/c1-5-17(2)13-23(19(4)25)16-22(26)24(14-20-9-7-6-8-10-20)15-21-12-11-18(3)27-21/h6-12,17H,5,13-16H2,1-4H3. The van der Waals surface area contributed by atoms with Crippen LogP contribution in [0.5, 0.6) is 0 Å². The molecule has 0 bridgehead atoms. The molecular weight excluding hydrogens is 356 g/mol. The van der Waals surface area contributed by atoms with Gasteiger partial charge in [0.05, 0.1) is 13.1 Å². The van der Waals surface area contributed by atoms with Gasteiger partial charge < -0.3 is 9.80 Å². The second-order valence-corrected chi connectivity index (χ2v) is 8.53. The first-order chi connectivity index (χ1) is 12.9. The number of benzene rings is 1. The molecule has 146 valence electrons. The molecule has 0 aliphatic carbocycles. The Morgan fingerprint density at radius 1 is 1.04 bits per heavy atom. The molecule has 1 unspecified atom stereocenters. The molecule has 0 fully saturated rings. The van der Waals surface area contributed by atoms with E-state index in [0.29, 0.717) is 25.6 Å². The molecule has 2 amide bonds. The minimum atomic E-state index is -0.0460. The van der Waals surface area contributed by atoms with E-state index in [1.807, 2.05) is 35.2 Å². The Kier molecular flexibility index (Phi) is 8.04. The number of amides is 2. The Morgan fingerprint density at radius 3 is 2.30 bits per heavy atom. The third-order valence-corrected chi connectivity index (χ3v) is 5.70. The van der Waals surface area contributed by atoms with Crippen LogP contribution < -0.4 is 0 Å². The van der Waals surface area contributed by atoms with Crippen LogP contribution >= 0.6 is 11.3 Å². The summed E-state index contributed by atoms with van der Waals surface area (Å²) in [5, 5.41) is 0. The van der Waals surface area contributed by atoms with Crippen molar-refractivity contribution in [1.82, 2.24) is 9.80 Å². The highest BCUT2D eigenvalue weighted by atomic mass is 32.1. The van der Waals surface area contributed by atoms with Crippen molar-refractivity contribution < 1.29 is 9.59 Å². The zero-order valence-corrected chi connectivity index (χ0v) is 17.6. The summed E-state index contributed by atoms with van der Waals surface area (Å²) in [4.78, 5) is 31.0. The molecular formula is C22H30N2O2S. The Bertz CT molecular complexity index is 742.